The Balaban J connectivity index is 1.67. The summed E-state index contributed by atoms with van der Waals surface area (Å²) in [6.07, 6.45) is 5.52. The van der Waals surface area contributed by atoms with Crippen molar-refractivity contribution < 1.29 is 0 Å². The molecule has 0 aromatic heterocycles. The van der Waals surface area contributed by atoms with Crippen LogP contribution in [-0.4, -0.2) is 30.1 Å². The first-order valence-corrected chi connectivity index (χ1v) is 6.94. The largest absolute Gasteiger partial charge is 0.315 e. The molecule has 1 aromatic carbocycles. The predicted octanol–water partition coefficient (Wildman–Crippen LogP) is 2.40. The van der Waals surface area contributed by atoms with Crippen molar-refractivity contribution in [2.24, 2.45) is 0 Å². The molecule has 2 aliphatic rings. The van der Waals surface area contributed by atoms with Crippen molar-refractivity contribution in [3.63, 3.8) is 0 Å². The minimum Gasteiger partial charge on any atom is -0.315 e. The molecule has 1 saturated heterocycles. The number of hydrogen-bond acceptors (Lipinski definition) is 2. The van der Waals surface area contributed by atoms with Crippen LogP contribution in [-0.2, 0) is 6.54 Å². The first kappa shape index (κ1) is 11.2. The summed E-state index contributed by atoms with van der Waals surface area (Å²) in [6.45, 7) is 3.53. The Morgan fingerprint density at radius 3 is 2.53 bits per heavy atom. The molecular weight excluding hydrogens is 208 g/mol. The summed E-state index contributed by atoms with van der Waals surface area (Å²) in [5, 5.41) is 3.54. The van der Waals surface area contributed by atoms with Crippen LogP contribution in [0.15, 0.2) is 30.3 Å². The molecule has 1 aliphatic carbocycles. The third-order valence-electron chi connectivity index (χ3n) is 3.96. The van der Waals surface area contributed by atoms with Crippen molar-refractivity contribution in [2.75, 3.05) is 13.1 Å². The molecule has 2 fully saturated rings. The van der Waals surface area contributed by atoms with Gasteiger partial charge in [0.2, 0.25) is 0 Å². The lowest BCUT2D eigenvalue weighted by atomic mass is 10.0. The van der Waals surface area contributed by atoms with Crippen LogP contribution in [0.5, 0.6) is 0 Å². The molecule has 3 rings (SSSR count). The van der Waals surface area contributed by atoms with Crippen molar-refractivity contribution in [1.29, 1.82) is 0 Å². The van der Waals surface area contributed by atoms with Gasteiger partial charge < -0.3 is 5.32 Å². The van der Waals surface area contributed by atoms with E-state index in [0.717, 1.165) is 18.6 Å². The molecule has 0 spiro atoms. The average molecular weight is 230 g/mol. The first-order valence-electron chi connectivity index (χ1n) is 6.94. The van der Waals surface area contributed by atoms with E-state index in [0.29, 0.717) is 0 Å². The van der Waals surface area contributed by atoms with E-state index in [1.165, 1.54) is 44.3 Å². The van der Waals surface area contributed by atoms with Crippen LogP contribution >= 0.6 is 0 Å². The van der Waals surface area contributed by atoms with Crippen LogP contribution < -0.4 is 5.32 Å². The van der Waals surface area contributed by atoms with Crippen molar-refractivity contribution >= 4 is 0 Å². The molecule has 0 bridgehead atoms. The van der Waals surface area contributed by atoms with Crippen molar-refractivity contribution in [3.05, 3.63) is 35.9 Å². The van der Waals surface area contributed by atoms with Gasteiger partial charge in [-0.05, 0) is 37.8 Å². The normalized spacial score (nSPS) is 25.1. The van der Waals surface area contributed by atoms with Gasteiger partial charge in [-0.2, -0.15) is 0 Å². The van der Waals surface area contributed by atoms with E-state index in [2.05, 4.69) is 40.5 Å². The zero-order valence-electron chi connectivity index (χ0n) is 10.4. The van der Waals surface area contributed by atoms with Gasteiger partial charge in [0.25, 0.3) is 0 Å². The molecule has 1 saturated carbocycles. The molecule has 2 nitrogen and oxygen atoms in total. The molecule has 17 heavy (non-hydrogen) atoms. The fraction of sp³-hybridized carbons (Fsp3) is 0.600. The van der Waals surface area contributed by atoms with E-state index in [1.54, 1.807) is 0 Å². The summed E-state index contributed by atoms with van der Waals surface area (Å²) in [6, 6.07) is 12.5. The van der Waals surface area contributed by atoms with E-state index < -0.39 is 0 Å². The Morgan fingerprint density at radius 2 is 1.88 bits per heavy atom. The first-order chi connectivity index (χ1) is 8.43. The van der Waals surface area contributed by atoms with Crippen LogP contribution in [0.2, 0.25) is 0 Å². The Labute approximate surface area is 104 Å². The topological polar surface area (TPSA) is 15.3 Å². The number of nitrogens with one attached hydrogen (secondary N) is 1. The van der Waals surface area contributed by atoms with Gasteiger partial charge in [-0.15, -0.1) is 0 Å². The standard InChI is InChI=1S/C15H22N2/c1-2-5-13(6-3-1)12-17(14-8-9-14)15-7-4-10-16-11-15/h1-3,5-6,14-16H,4,7-12H2/t15-/m0/s1. The summed E-state index contributed by atoms with van der Waals surface area (Å²) in [5.41, 5.74) is 1.46. The molecule has 1 N–H and O–H groups in total. The zero-order chi connectivity index (χ0) is 11.5. The van der Waals surface area contributed by atoms with Gasteiger partial charge in [0, 0.05) is 25.2 Å². The van der Waals surface area contributed by atoms with Gasteiger partial charge >= 0.3 is 0 Å². The van der Waals surface area contributed by atoms with E-state index in [1.807, 2.05) is 0 Å². The Morgan fingerprint density at radius 1 is 1.06 bits per heavy atom. The second-order valence-electron chi connectivity index (χ2n) is 5.39. The van der Waals surface area contributed by atoms with Crippen LogP contribution in [0.25, 0.3) is 0 Å². The van der Waals surface area contributed by atoms with Crippen LogP contribution in [0.1, 0.15) is 31.2 Å². The van der Waals surface area contributed by atoms with Crippen molar-refractivity contribution in [3.8, 4) is 0 Å². The number of rotatable bonds is 4. The monoisotopic (exact) mass is 230 g/mol. The maximum absolute atomic E-state index is 3.54. The highest BCUT2D eigenvalue weighted by atomic mass is 15.2. The van der Waals surface area contributed by atoms with Gasteiger partial charge in [0.15, 0.2) is 0 Å². The number of hydrogen-bond donors (Lipinski definition) is 1. The molecule has 2 heteroatoms. The van der Waals surface area contributed by atoms with Crippen LogP contribution in [0, 0.1) is 0 Å². The smallest absolute Gasteiger partial charge is 0.0240 e. The van der Waals surface area contributed by atoms with Gasteiger partial charge in [-0.3, -0.25) is 4.90 Å². The molecule has 0 unspecified atom stereocenters. The Kier molecular flexibility index (Phi) is 3.44. The van der Waals surface area contributed by atoms with Gasteiger partial charge in [0.05, 0.1) is 0 Å². The molecule has 0 radical (unpaired) electrons. The molecule has 0 amide bonds. The molecule has 1 heterocycles. The highest BCUT2D eigenvalue weighted by molar-refractivity contribution is 5.15. The summed E-state index contributed by atoms with van der Waals surface area (Å²) >= 11 is 0. The van der Waals surface area contributed by atoms with Crippen molar-refractivity contribution in [1.82, 2.24) is 10.2 Å². The molecule has 92 valence electrons. The van der Waals surface area contributed by atoms with E-state index in [-0.39, 0.29) is 0 Å². The lowest BCUT2D eigenvalue weighted by Crippen LogP contribution is -2.46. The summed E-state index contributed by atoms with van der Waals surface area (Å²) < 4.78 is 0. The lowest BCUT2D eigenvalue weighted by Gasteiger charge is -2.35. The molecular formula is C15H22N2. The molecule has 1 aromatic rings. The third kappa shape index (κ3) is 2.88. The maximum Gasteiger partial charge on any atom is 0.0240 e. The van der Waals surface area contributed by atoms with Gasteiger partial charge in [-0.25, -0.2) is 0 Å². The third-order valence-corrected chi connectivity index (χ3v) is 3.96. The second kappa shape index (κ2) is 5.19. The summed E-state index contributed by atoms with van der Waals surface area (Å²) in [7, 11) is 0. The lowest BCUT2D eigenvalue weighted by molar-refractivity contribution is 0.148. The number of nitrogens with zero attached hydrogens (tertiary/aromatic N) is 1. The Hall–Kier alpha value is -0.860. The SMILES string of the molecule is c1ccc(CN(C2CC2)[C@H]2CCCNC2)cc1. The summed E-state index contributed by atoms with van der Waals surface area (Å²) in [4.78, 5) is 2.74. The Bertz CT molecular complexity index is 339. The molecule has 1 atom stereocenters. The zero-order valence-corrected chi connectivity index (χ0v) is 10.4. The highest BCUT2D eigenvalue weighted by Crippen LogP contribution is 2.31. The maximum atomic E-state index is 3.54. The summed E-state index contributed by atoms with van der Waals surface area (Å²) in [5.74, 6) is 0. The minimum absolute atomic E-state index is 0.761. The highest BCUT2D eigenvalue weighted by Gasteiger charge is 2.34. The van der Waals surface area contributed by atoms with Crippen LogP contribution in [0.3, 0.4) is 0 Å². The van der Waals surface area contributed by atoms with Crippen LogP contribution in [0.4, 0.5) is 0 Å². The van der Waals surface area contributed by atoms with Gasteiger partial charge in [-0.1, -0.05) is 30.3 Å². The van der Waals surface area contributed by atoms with Gasteiger partial charge in [0.1, 0.15) is 0 Å². The predicted molar refractivity (Wildman–Crippen MR) is 70.9 cm³/mol. The van der Waals surface area contributed by atoms with E-state index in [4.69, 9.17) is 0 Å². The quantitative estimate of drug-likeness (QED) is 0.854. The van der Waals surface area contributed by atoms with Crippen molar-refractivity contribution in [2.45, 2.75) is 44.3 Å². The average Bonchev–Trinajstić information content (AvgIpc) is 3.23. The number of piperidine rings is 1. The number of benzene rings is 1. The second-order valence-corrected chi connectivity index (χ2v) is 5.39. The minimum atomic E-state index is 0.761. The van der Waals surface area contributed by atoms with E-state index in [9.17, 15) is 0 Å². The fourth-order valence-electron chi connectivity index (χ4n) is 2.87. The molecule has 1 aliphatic heterocycles. The van der Waals surface area contributed by atoms with E-state index >= 15 is 0 Å². The fourth-order valence-corrected chi connectivity index (χ4v) is 2.87.